The van der Waals surface area contributed by atoms with Gasteiger partial charge in [0, 0.05) is 5.56 Å². The maximum atomic E-state index is 13.8. The van der Waals surface area contributed by atoms with Gasteiger partial charge in [0.25, 0.3) is 0 Å². The highest BCUT2D eigenvalue weighted by Crippen LogP contribution is 2.23. The van der Waals surface area contributed by atoms with Crippen molar-refractivity contribution in [1.29, 1.82) is 0 Å². The molecule has 0 amide bonds. The average molecular weight is 229 g/mol. The minimum Gasteiger partial charge on any atom is -0.330 e. The highest BCUT2D eigenvalue weighted by Gasteiger charge is 2.04. The van der Waals surface area contributed by atoms with Crippen LogP contribution in [0.5, 0.6) is 0 Å². The third kappa shape index (κ3) is 2.71. The topological polar surface area (TPSA) is 26.0 Å². The first kappa shape index (κ1) is 11.8. The van der Waals surface area contributed by atoms with Gasteiger partial charge in [0.15, 0.2) is 0 Å². The molecular formula is C15H16FN. The van der Waals surface area contributed by atoms with E-state index in [4.69, 9.17) is 5.73 Å². The Morgan fingerprint density at radius 3 is 2.35 bits per heavy atom. The Hall–Kier alpha value is -1.67. The predicted molar refractivity (Wildman–Crippen MR) is 69.3 cm³/mol. The Morgan fingerprint density at radius 2 is 1.76 bits per heavy atom. The van der Waals surface area contributed by atoms with Crippen LogP contribution in [0.4, 0.5) is 4.39 Å². The second-order valence-corrected chi connectivity index (χ2v) is 4.22. The molecule has 2 rings (SSSR count). The van der Waals surface area contributed by atoms with Crippen molar-refractivity contribution in [1.82, 2.24) is 0 Å². The number of rotatable bonds is 3. The summed E-state index contributed by atoms with van der Waals surface area (Å²) in [6.07, 6.45) is 0.858. The minimum atomic E-state index is -0.170. The molecule has 0 saturated heterocycles. The van der Waals surface area contributed by atoms with E-state index < -0.39 is 0 Å². The molecule has 2 heteroatoms. The quantitative estimate of drug-likeness (QED) is 0.858. The first-order valence-electron chi connectivity index (χ1n) is 5.76. The standard InChI is InChI=1S/C15H16FN/c1-11-2-7-14(15(16)10-11)13-5-3-12(4-6-13)8-9-17/h2-7,10H,8-9,17H2,1H3. The summed E-state index contributed by atoms with van der Waals surface area (Å²) in [5.74, 6) is -0.170. The Labute approximate surface area is 101 Å². The lowest BCUT2D eigenvalue weighted by Crippen LogP contribution is -2.02. The summed E-state index contributed by atoms with van der Waals surface area (Å²) in [5, 5.41) is 0. The first-order chi connectivity index (χ1) is 8.20. The Morgan fingerprint density at radius 1 is 1.06 bits per heavy atom. The number of benzene rings is 2. The van der Waals surface area contributed by atoms with Crippen LogP contribution in [0.25, 0.3) is 11.1 Å². The van der Waals surface area contributed by atoms with Crippen molar-refractivity contribution in [3.8, 4) is 11.1 Å². The fourth-order valence-corrected chi connectivity index (χ4v) is 1.87. The number of halogens is 1. The van der Waals surface area contributed by atoms with Crippen LogP contribution in [0.15, 0.2) is 42.5 Å². The van der Waals surface area contributed by atoms with Gasteiger partial charge in [-0.2, -0.15) is 0 Å². The third-order valence-electron chi connectivity index (χ3n) is 2.82. The van der Waals surface area contributed by atoms with Crippen LogP contribution in [-0.2, 0) is 6.42 Å². The summed E-state index contributed by atoms with van der Waals surface area (Å²) in [6.45, 7) is 2.52. The monoisotopic (exact) mass is 229 g/mol. The number of hydrogen-bond acceptors (Lipinski definition) is 1. The van der Waals surface area contributed by atoms with E-state index in [1.54, 1.807) is 6.07 Å². The largest absolute Gasteiger partial charge is 0.330 e. The van der Waals surface area contributed by atoms with E-state index in [0.717, 1.165) is 17.5 Å². The Kier molecular flexibility index (Phi) is 3.55. The molecular weight excluding hydrogens is 213 g/mol. The third-order valence-corrected chi connectivity index (χ3v) is 2.82. The van der Waals surface area contributed by atoms with Crippen molar-refractivity contribution in [3.05, 3.63) is 59.4 Å². The van der Waals surface area contributed by atoms with Gasteiger partial charge in [0.05, 0.1) is 0 Å². The molecule has 0 radical (unpaired) electrons. The molecule has 88 valence electrons. The number of nitrogens with two attached hydrogens (primary N) is 1. The molecule has 0 spiro atoms. The fraction of sp³-hybridized carbons (Fsp3) is 0.200. The van der Waals surface area contributed by atoms with E-state index >= 15 is 0 Å². The van der Waals surface area contributed by atoms with Crippen LogP contribution in [-0.4, -0.2) is 6.54 Å². The molecule has 1 nitrogen and oxygen atoms in total. The number of hydrogen-bond donors (Lipinski definition) is 1. The smallest absolute Gasteiger partial charge is 0.131 e. The van der Waals surface area contributed by atoms with Crippen molar-refractivity contribution < 1.29 is 4.39 Å². The molecule has 0 aliphatic heterocycles. The van der Waals surface area contributed by atoms with E-state index in [1.165, 1.54) is 5.56 Å². The summed E-state index contributed by atoms with van der Waals surface area (Å²) >= 11 is 0. The summed E-state index contributed by atoms with van der Waals surface area (Å²) in [7, 11) is 0. The molecule has 0 aromatic heterocycles. The Bertz CT molecular complexity index is 503. The first-order valence-corrected chi connectivity index (χ1v) is 5.76. The summed E-state index contributed by atoms with van der Waals surface area (Å²) in [6, 6.07) is 13.2. The summed E-state index contributed by atoms with van der Waals surface area (Å²) in [5.41, 5.74) is 9.16. The molecule has 0 bridgehead atoms. The van der Waals surface area contributed by atoms with Gasteiger partial charge in [0.2, 0.25) is 0 Å². The second-order valence-electron chi connectivity index (χ2n) is 4.22. The zero-order valence-electron chi connectivity index (χ0n) is 9.91. The van der Waals surface area contributed by atoms with E-state index in [1.807, 2.05) is 43.3 Å². The van der Waals surface area contributed by atoms with Gasteiger partial charge in [-0.3, -0.25) is 0 Å². The van der Waals surface area contributed by atoms with Crippen LogP contribution in [0, 0.1) is 12.7 Å². The lowest BCUT2D eigenvalue weighted by molar-refractivity contribution is 0.630. The molecule has 2 aromatic rings. The molecule has 17 heavy (non-hydrogen) atoms. The van der Waals surface area contributed by atoms with Crippen LogP contribution in [0.3, 0.4) is 0 Å². The Balaban J connectivity index is 2.33. The van der Waals surface area contributed by atoms with Crippen molar-refractivity contribution in [2.45, 2.75) is 13.3 Å². The lowest BCUT2D eigenvalue weighted by atomic mass is 10.0. The summed E-state index contributed by atoms with van der Waals surface area (Å²) < 4.78 is 13.8. The van der Waals surface area contributed by atoms with Gasteiger partial charge < -0.3 is 5.73 Å². The SMILES string of the molecule is Cc1ccc(-c2ccc(CCN)cc2)c(F)c1. The summed E-state index contributed by atoms with van der Waals surface area (Å²) in [4.78, 5) is 0. The van der Waals surface area contributed by atoms with Crippen LogP contribution in [0.1, 0.15) is 11.1 Å². The maximum Gasteiger partial charge on any atom is 0.131 e. The van der Waals surface area contributed by atoms with E-state index in [-0.39, 0.29) is 5.82 Å². The van der Waals surface area contributed by atoms with Gasteiger partial charge in [0.1, 0.15) is 5.82 Å². The van der Waals surface area contributed by atoms with Gasteiger partial charge in [-0.05, 0) is 42.6 Å². The molecule has 2 N–H and O–H groups in total. The molecule has 0 atom stereocenters. The van der Waals surface area contributed by atoms with E-state index in [2.05, 4.69) is 0 Å². The zero-order chi connectivity index (χ0) is 12.3. The maximum absolute atomic E-state index is 13.8. The molecule has 0 heterocycles. The molecule has 0 aliphatic carbocycles. The molecule has 0 saturated carbocycles. The van der Waals surface area contributed by atoms with E-state index in [0.29, 0.717) is 12.1 Å². The normalized spacial score (nSPS) is 10.5. The molecule has 0 aliphatic rings. The van der Waals surface area contributed by atoms with Gasteiger partial charge in [-0.1, -0.05) is 36.4 Å². The predicted octanol–water partition coefficient (Wildman–Crippen LogP) is 3.30. The van der Waals surface area contributed by atoms with Crippen LogP contribution < -0.4 is 5.73 Å². The van der Waals surface area contributed by atoms with Crippen molar-refractivity contribution in [2.75, 3.05) is 6.54 Å². The zero-order valence-corrected chi connectivity index (χ0v) is 9.91. The van der Waals surface area contributed by atoms with Gasteiger partial charge in [-0.15, -0.1) is 0 Å². The van der Waals surface area contributed by atoms with Crippen LogP contribution >= 0.6 is 0 Å². The molecule has 2 aromatic carbocycles. The van der Waals surface area contributed by atoms with Gasteiger partial charge in [-0.25, -0.2) is 4.39 Å². The van der Waals surface area contributed by atoms with Crippen LogP contribution in [0.2, 0.25) is 0 Å². The molecule has 0 fully saturated rings. The fourth-order valence-electron chi connectivity index (χ4n) is 1.87. The second kappa shape index (κ2) is 5.11. The number of aryl methyl sites for hydroxylation is 1. The highest BCUT2D eigenvalue weighted by atomic mass is 19.1. The lowest BCUT2D eigenvalue weighted by Gasteiger charge is -2.06. The van der Waals surface area contributed by atoms with Crippen molar-refractivity contribution >= 4 is 0 Å². The van der Waals surface area contributed by atoms with Crippen molar-refractivity contribution in [3.63, 3.8) is 0 Å². The minimum absolute atomic E-state index is 0.170. The van der Waals surface area contributed by atoms with E-state index in [9.17, 15) is 4.39 Å². The average Bonchev–Trinajstić information content (AvgIpc) is 2.31. The van der Waals surface area contributed by atoms with Crippen molar-refractivity contribution in [2.24, 2.45) is 5.73 Å². The molecule has 0 unspecified atom stereocenters. The highest BCUT2D eigenvalue weighted by molar-refractivity contribution is 5.64. The van der Waals surface area contributed by atoms with Gasteiger partial charge >= 0.3 is 0 Å².